The lowest BCUT2D eigenvalue weighted by atomic mass is 10.3. The number of imide groups is 1. The average molecular weight is 295 g/mol. The molecule has 0 bridgehead atoms. The Labute approximate surface area is 117 Å². The fraction of sp³-hybridized carbons (Fsp3) is 0.182. The maximum Gasteiger partial charge on any atom is 0.433 e. The summed E-state index contributed by atoms with van der Waals surface area (Å²) in [5.74, 6) is -1.99. The number of carbonyl (C=O) groups excluding carboxylic acids is 3. The number of furan rings is 1. The second-order valence-corrected chi connectivity index (χ2v) is 3.89. The minimum absolute atomic E-state index is 0.0188. The molecule has 1 fully saturated rings. The molecule has 1 aliphatic heterocycles. The van der Waals surface area contributed by atoms with Crippen LogP contribution in [0.4, 0.5) is 10.7 Å². The fourth-order valence-corrected chi connectivity index (χ4v) is 1.57. The van der Waals surface area contributed by atoms with Crippen molar-refractivity contribution >= 4 is 29.9 Å². The quantitative estimate of drug-likeness (QED) is 0.277. The monoisotopic (exact) mass is 295 g/mol. The van der Waals surface area contributed by atoms with E-state index in [1.165, 1.54) is 6.07 Å². The fourth-order valence-electron chi connectivity index (χ4n) is 1.57. The van der Waals surface area contributed by atoms with Gasteiger partial charge in [-0.25, -0.2) is 9.69 Å². The SMILES string of the molecule is COC(=O)CN1C(=O)N/C(=C/c2ccc([N+](=O)[O-])o2)C1=O. The lowest BCUT2D eigenvalue weighted by Crippen LogP contribution is -2.36. The van der Waals surface area contributed by atoms with Gasteiger partial charge in [0.25, 0.3) is 5.91 Å². The average Bonchev–Trinajstić information content (AvgIpc) is 3.00. The van der Waals surface area contributed by atoms with Crippen molar-refractivity contribution in [3.05, 3.63) is 33.7 Å². The number of methoxy groups -OCH3 is 1. The third-order valence-corrected chi connectivity index (χ3v) is 2.56. The van der Waals surface area contributed by atoms with Gasteiger partial charge in [0, 0.05) is 6.08 Å². The van der Waals surface area contributed by atoms with Crippen LogP contribution >= 0.6 is 0 Å². The van der Waals surface area contributed by atoms with Crippen LogP contribution < -0.4 is 5.32 Å². The number of hydrogen-bond donors (Lipinski definition) is 1. The number of amides is 3. The predicted octanol–water partition coefficient (Wildman–Crippen LogP) is 0.253. The van der Waals surface area contributed by atoms with Gasteiger partial charge in [-0.2, -0.15) is 0 Å². The summed E-state index contributed by atoms with van der Waals surface area (Å²) in [5, 5.41) is 12.7. The Balaban J connectivity index is 2.19. The van der Waals surface area contributed by atoms with Crippen molar-refractivity contribution < 1.29 is 28.5 Å². The first-order valence-electron chi connectivity index (χ1n) is 5.58. The number of carbonyl (C=O) groups is 3. The van der Waals surface area contributed by atoms with E-state index in [4.69, 9.17) is 4.42 Å². The molecule has 1 aromatic heterocycles. The largest absolute Gasteiger partial charge is 0.468 e. The summed E-state index contributed by atoms with van der Waals surface area (Å²) in [5.41, 5.74) is -0.159. The second kappa shape index (κ2) is 5.45. The van der Waals surface area contributed by atoms with E-state index in [0.717, 1.165) is 19.3 Å². The van der Waals surface area contributed by atoms with Gasteiger partial charge in [0.15, 0.2) is 0 Å². The van der Waals surface area contributed by atoms with Gasteiger partial charge in [-0.15, -0.1) is 0 Å². The predicted molar refractivity (Wildman–Crippen MR) is 65.6 cm³/mol. The minimum Gasteiger partial charge on any atom is -0.468 e. The number of urea groups is 1. The molecule has 1 aliphatic rings. The highest BCUT2D eigenvalue weighted by atomic mass is 16.6. The number of esters is 1. The van der Waals surface area contributed by atoms with Crippen molar-refractivity contribution in [3.8, 4) is 0 Å². The van der Waals surface area contributed by atoms with E-state index in [-0.39, 0.29) is 11.5 Å². The summed E-state index contributed by atoms with van der Waals surface area (Å²) in [6.07, 6.45) is 1.13. The van der Waals surface area contributed by atoms with Crippen LogP contribution in [0.5, 0.6) is 0 Å². The number of nitrogens with zero attached hydrogens (tertiary/aromatic N) is 2. The molecule has 2 rings (SSSR count). The second-order valence-electron chi connectivity index (χ2n) is 3.89. The lowest BCUT2D eigenvalue weighted by molar-refractivity contribution is -0.402. The van der Waals surface area contributed by atoms with E-state index < -0.39 is 35.3 Å². The number of nitro groups is 1. The van der Waals surface area contributed by atoms with Crippen molar-refractivity contribution in [2.75, 3.05) is 13.7 Å². The Morgan fingerprint density at radius 2 is 2.24 bits per heavy atom. The van der Waals surface area contributed by atoms with Crippen LogP contribution in [0, 0.1) is 10.1 Å². The maximum atomic E-state index is 11.9. The molecule has 1 aromatic rings. The van der Waals surface area contributed by atoms with Gasteiger partial charge >= 0.3 is 17.9 Å². The minimum atomic E-state index is -0.794. The van der Waals surface area contributed by atoms with Gasteiger partial charge in [-0.05, 0) is 6.07 Å². The van der Waals surface area contributed by atoms with E-state index in [2.05, 4.69) is 10.1 Å². The molecule has 0 aliphatic carbocycles. The molecule has 110 valence electrons. The molecule has 0 spiro atoms. The van der Waals surface area contributed by atoms with E-state index in [9.17, 15) is 24.5 Å². The highest BCUT2D eigenvalue weighted by molar-refractivity contribution is 6.15. The molecular formula is C11H9N3O7. The molecule has 21 heavy (non-hydrogen) atoms. The van der Waals surface area contributed by atoms with Gasteiger partial charge in [0.2, 0.25) is 0 Å². The Morgan fingerprint density at radius 1 is 1.52 bits per heavy atom. The first-order valence-corrected chi connectivity index (χ1v) is 5.58. The maximum absolute atomic E-state index is 11.9. The Bertz CT molecular complexity index is 661. The van der Waals surface area contributed by atoms with Gasteiger partial charge in [-0.3, -0.25) is 19.7 Å². The zero-order valence-electron chi connectivity index (χ0n) is 10.7. The van der Waals surface area contributed by atoms with Gasteiger partial charge in [-0.1, -0.05) is 0 Å². The molecule has 0 aromatic carbocycles. The molecule has 0 atom stereocenters. The highest BCUT2D eigenvalue weighted by Crippen LogP contribution is 2.19. The zero-order chi connectivity index (χ0) is 15.6. The van der Waals surface area contributed by atoms with Gasteiger partial charge in [0.05, 0.1) is 13.2 Å². The van der Waals surface area contributed by atoms with Crippen LogP contribution in [0.25, 0.3) is 6.08 Å². The summed E-state index contributed by atoms with van der Waals surface area (Å²) >= 11 is 0. The smallest absolute Gasteiger partial charge is 0.433 e. The summed E-state index contributed by atoms with van der Waals surface area (Å²) in [7, 11) is 1.12. The van der Waals surface area contributed by atoms with Crippen molar-refractivity contribution in [3.63, 3.8) is 0 Å². The highest BCUT2D eigenvalue weighted by Gasteiger charge is 2.35. The van der Waals surface area contributed by atoms with E-state index in [1.54, 1.807) is 0 Å². The molecule has 1 N–H and O–H groups in total. The van der Waals surface area contributed by atoms with Gasteiger partial charge in [0.1, 0.15) is 22.9 Å². The summed E-state index contributed by atoms with van der Waals surface area (Å²) in [4.78, 5) is 44.9. The Kier molecular flexibility index (Phi) is 3.69. The number of rotatable bonds is 4. The van der Waals surface area contributed by atoms with Crippen molar-refractivity contribution in [1.82, 2.24) is 10.2 Å². The molecule has 3 amide bonds. The molecule has 10 nitrogen and oxygen atoms in total. The van der Waals surface area contributed by atoms with Crippen LogP contribution in [0.2, 0.25) is 0 Å². The van der Waals surface area contributed by atoms with Crippen molar-refractivity contribution in [2.24, 2.45) is 0 Å². The summed E-state index contributed by atoms with van der Waals surface area (Å²) < 4.78 is 9.21. The van der Waals surface area contributed by atoms with Crippen LogP contribution in [0.1, 0.15) is 5.76 Å². The number of nitrogens with one attached hydrogen (secondary N) is 1. The third kappa shape index (κ3) is 2.88. The first kappa shape index (κ1) is 14.2. The van der Waals surface area contributed by atoms with Crippen LogP contribution in [-0.2, 0) is 14.3 Å². The number of ether oxygens (including phenoxy) is 1. The Hall–Kier alpha value is -3.17. The van der Waals surface area contributed by atoms with Crippen LogP contribution in [-0.4, -0.2) is 41.4 Å². The van der Waals surface area contributed by atoms with Crippen molar-refractivity contribution in [2.45, 2.75) is 0 Å². The molecule has 1 saturated heterocycles. The molecule has 0 unspecified atom stereocenters. The molecule has 10 heteroatoms. The molecule has 2 heterocycles. The Morgan fingerprint density at radius 3 is 2.81 bits per heavy atom. The topological polar surface area (TPSA) is 132 Å². The molecule has 0 saturated carbocycles. The molecule has 0 radical (unpaired) electrons. The summed E-state index contributed by atoms with van der Waals surface area (Å²) in [6.45, 7) is -0.531. The zero-order valence-corrected chi connectivity index (χ0v) is 10.7. The van der Waals surface area contributed by atoms with Crippen LogP contribution in [0.15, 0.2) is 22.2 Å². The third-order valence-electron chi connectivity index (χ3n) is 2.56. The molecular weight excluding hydrogens is 286 g/mol. The lowest BCUT2D eigenvalue weighted by Gasteiger charge is -2.08. The number of hydrogen-bond acceptors (Lipinski definition) is 7. The van der Waals surface area contributed by atoms with Crippen molar-refractivity contribution in [1.29, 1.82) is 0 Å². The van der Waals surface area contributed by atoms with E-state index in [0.29, 0.717) is 4.90 Å². The van der Waals surface area contributed by atoms with Gasteiger partial charge < -0.3 is 14.5 Å². The summed E-state index contributed by atoms with van der Waals surface area (Å²) in [6, 6.07) is 1.59. The first-order chi connectivity index (χ1) is 9.92. The normalized spacial score (nSPS) is 16.2. The standard InChI is InChI=1S/C11H9N3O7/c1-20-9(15)5-13-10(16)7(12-11(13)17)4-6-2-3-8(21-6)14(18)19/h2-4H,5H2,1H3,(H,12,17)/b7-4+. The van der Waals surface area contributed by atoms with E-state index in [1.807, 2.05) is 0 Å². The van der Waals surface area contributed by atoms with Crippen LogP contribution in [0.3, 0.4) is 0 Å². The van der Waals surface area contributed by atoms with E-state index >= 15 is 0 Å².